The zero-order chi connectivity index (χ0) is 17.8. The first kappa shape index (κ1) is 17.0. The maximum Gasteiger partial charge on any atom is 0.136 e. The summed E-state index contributed by atoms with van der Waals surface area (Å²) < 4.78 is 0. The van der Waals surface area contributed by atoms with Crippen LogP contribution in [0.25, 0.3) is 0 Å². The Morgan fingerprint density at radius 3 is 2.28 bits per heavy atom. The quantitative estimate of drug-likeness (QED) is 0.639. The zero-order valence-electron chi connectivity index (χ0n) is 13.2. The molecule has 0 spiro atoms. The van der Waals surface area contributed by atoms with Crippen molar-refractivity contribution in [2.24, 2.45) is 0 Å². The maximum absolute atomic E-state index is 9.19. The summed E-state index contributed by atoms with van der Waals surface area (Å²) in [5.41, 5.74) is 1.90. The van der Waals surface area contributed by atoms with E-state index in [2.05, 4.69) is 26.7 Å². The van der Waals surface area contributed by atoms with E-state index in [0.717, 1.165) is 0 Å². The van der Waals surface area contributed by atoms with Crippen LogP contribution in [0.15, 0.2) is 48.5 Å². The van der Waals surface area contributed by atoms with E-state index in [0.29, 0.717) is 44.4 Å². The number of nitrogens with zero attached hydrogens (tertiary/aromatic N) is 3. The van der Waals surface area contributed by atoms with E-state index in [9.17, 15) is 5.26 Å². The predicted octanol–water partition coefficient (Wildman–Crippen LogP) is 5.45. The average molecular weight is 370 g/mol. The van der Waals surface area contributed by atoms with Crippen molar-refractivity contribution in [3.05, 3.63) is 70.0 Å². The van der Waals surface area contributed by atoms with E-state index in [1.54, 1.807) is 37.3 Å². The second-order valence-corrected chi connectivity index (χ2v) is 6.06. The van der Waals surface area contributed by atoms with Crippen LogP contribution in [0.2, 0.25) is 10.0 Å². The molecule has 0 unspecified atom stereocenters. The average Bonchev–Trinajstić information content (AvgIpc) is 2.57. The molecule has 0 radical (unpaired) electrons. The lowest BCUT2D eigenvalue weighted by Crippen LogP contribution is -2.02. The number of aryl methyl sites for hydroxylation is 1. The highest BCUT2D eigenvalue weighted by molar-refractivity contribution is 6.36. The molecule has 0 aliphatic carbocycles. The van der Waals surface area contributed by atoms with Gasteiger partial charge in [0.15, 0.2) is 0 Å². The third-order valence-electron chi connectivity index (χ3n) is 3.34. The second-order valence-electron chi connectivity index (χ2n) is 5.22. The lowest BCUT2D eigenvalue weighted by molar-refractivity contribution is 1.06. The highest BCUT2D eigenvalue weighted by atomic mass is 35.5. The largest absolute Gasteiger partial charge is 0.339 e. The lowest BCUT2D eigenvalue weighted by atomic mass is 10.2. The fraction of sp³-hybridized carbons (Fsp3) is 0.0556. The van der Waals surface area contributed by atoms with Gasteiger partial charge in [0.1, 0.15) is 23.5 Å². The van der Waals surface area contributed by atoms with Gasteiger partial charge in [-0.25, -0.2) is 9.97 Å². The Kier molecular flexibility index (Phi) is 5.03. The molecule has 0 aliphatic rings. The number of benzene rings is 2. The van der Waals surface area contributed by atoms with Crippen LogP contribution in [0, 0.1) is 18.3 Å². The number of halogens is 2. The Morgan fingerprint density at radius 2 is 1.60 bits per heavy atom. The number of para-hydroxylation sites is 1. The molecule has 2 N–H and O–H groups in total. The molecular formula is C18H13Cl2N5. The molecule has 25 heavy (non-hydrogen) atoms. The van der Waals surface area contributed by atoms with Gasteiger partial charge < -0.3 is 10.6 Å². The second kappa shape index (κ2) is 7.39. The third-order valence-corrected chi connectivity index (χ3v) is 3.89. The van der Waals surface area contributed by atoms with Crippen molar-refractivity contribution >= 4 is 46.2 Å². The summed E-state index contributed by atoms with van der Waals surface area (Å²) >= 11 is 12.1. The van der Waals surface area contributed by atoms with Crippen LogP contribution >= 0.6 is 23.2 Å². The Balaban J connectivity index is 1.89. The first-order valence-electron chi connectivity index (χ1n) is 7.39. The van der Waals surface area contributed by atoms with Gasteiger partial charge >= 0.3 is 0 Å². The molecule has 124 valence electrons. The summed E-state index contributed by atoms with van der Waals surface area (Å²) in [7, 11) is 0. The fourth-order valence-corrected chi connectivity index (χ4v) is 2.71. The van der Waals surface area contributed by atoms with Gasteiger partial charge in [-0.3, -0.25) is 0 Å². The Morgan fingerprint density at radius 1 is 0.920 bits per heavy atom. The minimum atomic E-state index is 0.494. The van der Waals surface area contributed by atoms with Gasteiger partial charge in [0, 0.05) is 11.1 Å². The van der Waals surface area contributed by atoms with E-state index < -0.39 is 0 Å². The minimum Gasteiger partial charge on any atom is -0.339 e. The molecule has 0 saturated carbocycles. The molecule has 2 aromatic carbocycles. The van der Waals surface area contributed by atoms with Gasteiger partial charge in [0.2, 0.25) is 0 Å². The molecule has 0 fully saturated rings. The first-order chi connectivity index (χ1) is 12.0. The molecule has 0 amide bonds. The summed E-state index contributed by atoms with van der Waals surface area (Å²) in [5.74, 6) is 1.73. The highest BCUT2D eigenvalue weighted by Crippen LogP contribution is 2.28. The standard InChI is InChI=1S/C18H13Cl2N5/c1-11-22-17(24-15-5-3-2-4-12(15)10-21)9-18(23-11)25-16-7-6-13(19)8-14(16)20/h2-9H,1H3,(H2,22,23,24,25). The van der Waals surface area contributed by atoms with Crippen LogP contribution in [0.5, 0.6) is 0 Å². The Hall–Kier alpha value is -2.81. The van der Waals surface area contributed by atoms with Crippen LogP contribution in [-0.2, 0) is 0 Å². The number of nitriles is 1. The van der Waals surface area contributed by atoms with Crippen molar-refractivity contribution in [1.29, 1.82) is 5.26 Å². The fourth-order valence-electron chi connectivity index (χ4n) is 2.25. The van der Waals surface area contributed by atoms with Crippen molar-refractivity contribution in [2.75, 3.05) is 10.6 Å². The van der Waals surface area contributed by atoms with E-state index in [-0.39, 0.29) is 0 Å². The molecule has 3 aromatic rings. The molecule has 7 heteroatoms. The number of anilines is 4. The molecule has 0 bridgehead atoms. The van der Waals surface area contributed by atoms with E-state index in [1.165, 1.54) is 0 Å². The summed E-state index contributed by atoms with van der Waals surface area (Å²) in [6.45, 7) is 1.79. The number of rotatable bonds is 4. The van der Waals surface area contributed by atoms with Crippen molar-refractivity contribution in [3.8, 4) is 6.07 Å². The zero-order valence-corrected chi connectivity index (χ0v) is 14.7. The molecule has 1 aromatic heterocycles. The molecule has 0 saturated heterocycles. The number of hydrogen-bond acceptors (Lipinski definition) is 5. The smallest absolute Gasteiger partial charge is 0.136 e. The summed E-state index contributed by atoms with van der Waals surface area (Å²) in [4.78, 5) is 8.71. The van der Waals surface area contributed by atoms with E-state index >= 15 is 0 Å². The molecule has 5 nitrogen and oxygen atoms in total. The molecular weight excluding hydrogens is 357 g/mol. The van der Waals surface area contributed by atoms with Crippen LogP contribution in [0.1, 0.15) is 11.4 Å². The SMILES string of the molecule is Cc1nc(Nc2ccc(Cl)cc2Cl)cc(Nc2ccccc2C#N)n1. The van der Waals surface area contributed by atoms with Gasteiger partial charge in [-0.05, 0) is 37.3 Å². The number of nitrogens with one attached hydrogen (secondary N) is 2. The maximum atomic E-state index is 9.19. The van der Waals surface area contributed by atoms with Gasteiger partial charge in [-0.15, -0.1) is 0 Å². The van der Waals surface area contributed by atoms with Crippen LogP contribution in [-0.4, -0.2) is 9.97 Å². The first-order valence-corrected chi connectivity index (χ1v) is 8.14. The highest BCUT2D eigenvalue weighted by Gasteiger charge is 2.07. The van der Waals surface area contributed by atoms with Crippen molar-refractivity contribution in [3.63, 3.8) is 0 Å². The molecule has 0 aliphatic heterocycles. The lowest BCUT2D eigenvalue weighted by Gasteiger charge is -2.12. The molecule has 3 rings (SSSR count). The third kappa shape index (κ3) is 4.18. The van der Waals surface area contributed by atoms with Crippen LogP contribution in [0.4, 0.5) is 23.0 Å². The Labute approximate surface area is 155 Å². The van der Waals surface area contributed by atoms with Crippen molar-refractivity contribution < 1.29 is 0 Å². The topological polar surface area (TPSA) is 73.6 Å². The normalized spacial score (nSPS) is 10.2. The van der Waals surface area contributed by atoms with Gasteiger partial charge in [-0.1, -0.05) is 35.3 Å². The van der Waals surface area contributed by atoms with Crippen molar-refractivity contribution in [2.45, 2.75) is 6.92 Å². The minimum absolute atomic E-state index is 0.494. The van der Waals surface area contributed by atoms with Crippen LogP contribution in [0.3, 0.4) is 0 Å². The number of hydrogen-bond donors (Lipinski definition) is 2. The Bertz CT molecular complexity index is 966. The monoisotopic (exact) mass is 369 g/mol. The van der Waals surface area contributed by atoms with Gasteiger partial charge in [0.05, 0.1) is 22.0 Å². The molecule has 0 atom stereocenters. The summed E-state index contributed by atoms with van der Waals surface area (Å²) in [6.07, 6.45) is 0. The van der Waals surface area contributed by atoms with Crippen LogP contribution < -0.4 is 10.6 Å². The number of aromatic nitrogens is 2. The summed E-state index contributed by atoms with van der Waals surface area (Å²) in [6, 6.07) is 16.3. The van der Waals surface area contributed by atoms with Crippen molar-refractivity contribution in [1.82, 2.24) is 9.97 Å². The van der Waals surface area contributed by atoms with Gasteiger partial charge in [-0.2, -0.15) is 5.26 Å². The predicted molar refractivity (Wildman–Crippen MR) is 101 cm³/mol. The molecule has 1 heterocycles. The van der Waals surface area contributed by atoms with E-state index in [1.807, 2.05) is 18.2 Å². The van der Waals surface area contributed by atoms with E-state index in [4.69, 9.17) is 23.2 Å². The summed E-state index contributed by atoms with van der Waals surface area (Å²) in [5, 5.41) is 16.5. The van der Waals surface area contributed by atoms with Gasteiger partial charge in [0.25, 0.3) is 0 Å².